The van der Waals surface area contributed by atoms with Crippen LogP contribution in [-0.4, -0.2) is 15.9 Å². The predicted octanol–water partition coefficient (Wildman–Crippen LogP) is 5.10. The summed E-state index contributed by atoms with van der Waals surface area (Å²) in [7, 11) is 0. The van der Waals surface area contributed by atoms with E-state index in [1.54, 1.807) is 18.3 Å². The molecule has 0 saturated heterocycles. The lowest BCUT2D eigenvalue weighted by molar-refractivity contribution is 0.354. The third-order valence-corrected chi connectivity index (χ3v) is 4.26. The SMILES string of the molecule is Oc1cc(Cl)ccc1N=Cc1ccn(C2CCCCC2)c1. The average molecular weight is 303 g/mol. The summed E-state index contributed by atoms with van der Waals surface area (Å²) < 4.78 is 2.29. The van der Waals surface area contributed by atoms with Crippen molar-refractivity contribution in [3.8, 4) is 5.75 Å². The number of aromatic nitrogens is 1. The largest absolute Gasteiger partial charge is 0.506 e. The van der Waals surface area contributed by atoms with Crippen molar-refractivity contribution in [3.05, 3.63) is 47.2 Å². The molecule has 0 bridgehead atoms. The van der Waals surface area contributed by atoms with E-state index in [0.29, 0.717) is 16.8 Å². The standard InChI is InChI=1S/C17H19ClN2O/c18-14-6-7-16(17(21)10-14)19-11-13-8-9-20(12-13)15-4-2-1-3-5-15/h6-12,15,21H,1-5H2. The number of halogens is 1. The Labute approximate surface area is 129 Å². The van der Waals surface area contributed by atoms with Crippen LogP contribution in [-0.2, 0) is 0 Å². The maximum atomic E-state index is 9.78. The minimum atomic E-state index is 0.102. The van der Waals surface area contributed by atoms with Gasteiger partial charge in [-0.2, -0.15) is 0 Å². The number of aliphatic imine (C=N–C) groups is 1. The molecular formula is C17H19ClN2O. The monoisotopic (exact) mass is 302 g/mol. The molecule has 1 aliphatic carbocycles. The van der Waals surface area contributed by atoms with Crippen LogP contribution in [0, 0.1) is 0 Å². The highest BCUT2D eigenvalue weighted by Gasteiger charge is 2.14. The molecule has 0 aliphatic heterocycles. The molecule has 0 unspecified atom stereocenters. The third kappa shape index (κ3) is 3.48. The van der Waals surface area contributed by atoms with Crippen LogP contribution in [0.5, 0.6) is 5.75 Å². The van der Waals surface area contributed by atoms with Gasteiger partial charge in [0.15, 0.2) is 0 Å². The van der Waals surface area contributed by atoms with Gasteiger partial charge < -0.3 is 9.67 Å². The minimum Gasteiger partial charge on any atom is -0.506 e. The fourth-order valence-electron chi connectivity index (χ4n) is 2.86. The smallest absolute Gasteiger partial charge is 0.142 e. The number of rotatable bonds is 3. The Bertz CT molecular complexity index is 642. The second-order valence-corrected chi connectivity index (χ2v) is 6.01. The van der Waals surface area contributed by atoms with Crippen molar-refractivity contribution in [2.45, 2.75) is 38.1 Å². The van der Waals surface area contributed by atoms with Crippen LogP contribution < -0.4 is 0 Å². The highest BCUT2D eigenvalue weighted by molar-refractivity contribution is 6.30. The molecule has 1 aromatic heterocycles. The summed E-state index contributed by atoms with van der Waals surface area (Å²) in [4.78, 5) is 4.33. The molecule has 1 N–H and O–H groups in total. The lowest BCUT2D eigenvalue weighted by Crippen LogP contribution is -2.10. The summed E-state index contributed by atoms with van der Waals surface area (Å²) in [6.07, 6.45) is 12.6. The Morgan fingerprint density at radius 3 is 2.76 bits per heavy atom. The number of phenolic OH excluding ortho intramolecular Hbond substituents is 1. The van der Waals surface area contributed by atoms with Gasteiger partial charge >= 0.3 is 0 Å². The van der Waals surface area contributed by atoms with Crippen molar-refractivity contribution in [1.82, 2.24) is 4.57 Å². The second kappa shape index (κ2) is 6.35. The fourth-order valence-corrected chi connectivity index (χ4v) is 3.03. The van der Waals surface area contributed by atoms with Crippen molar-refractivity contribution >= 4 is 23.5 Å². The normalized spacial score (nSPS) is 16.6. The Morgan fingerprint density at radius 1 is 1.19 bits per heavy atom. The molecule has 110 valence electrons. The van der Waals surface area contributed by atoms with E-state index in [1.165, 1.54) is 38.2 Å². The first-order chi connectivity index (χ1) is 10.2. The van der Waals surface area contributed by atoms with Crippen LogP contribution >= 0.6 is 11.6 Å². The van der Waals surface area contributed by atoms with Gasteiger partial charge in [-0.1, -0.05) is 30.9 Å². The summed E-state index contributed by atoms with van der Waals surface area (Å²) >= 11 is 5.81. The van der Waals surface area contributed by atoms with Crippen molar-refractivity contribution in [2.75, 3.05) is 0 Å². The summed E-state index contributed by atoms with van der Waals surface area (Å²) in [5.74, 6) is 0.102. The molecule has 1 heterocycles. The van der Waals surface area contributed by atoms with Gasteiger partial charge in [0.1, 0.15) is 11.4 Å². The van der Waals surface area contributed by atoms with Gasteiger partial charge in [0.2, 0.25) is 0 Å². The second-order valence-electron chi connectivity index (χ2n) is 5.58. The van der Waals surface area contributed by atoms with E-state index in [9.17, 15) is 5.11 Å². The van der Waals surface area contributed by atoms with Crippen molar-refractivity contribution in [3.63, 3.8) is 0 Å². The van der Waals surface area contributed by atoms with Gasteiger partial charge in [-0.3, -0.25) is 4.99 Å². The molecule has 4 heteroatoms. The van der Waals surface area contributed by atoms with Crippen LogP contribution in [0.4, 0.5) is 5.69 Å². The zero-order valence-corrected chi connectivity index (χ0v) is 12.6. The van der Waals surface area contributed by atoms with Crippen LogP contribution in [0.1, 0.15) is 43.7 Å². The van der Waals surface area contributed by atoms with Crippen LogP contribution in [0.25, 0.3) is 0 Å². The zero-order chi connectivity index (χ0) is 14.7. The highest BCUT2D eigenvalue weighted by atomic mass is 35.5. The Balaban J connectivity index is 1.72. The van der Waals surface area contributed by atoms with E-state index in [-0.39, 0.29) is 5.75 Å². The summed E-state index contributed by atoms with van der Waals surface area (Å²) in [6, 6.07) is 7.63. The van der Waals surface area contributed by atoms with Crippen LogP contribution in [0.3, 0.4) is 0 Å². The molecule has 2 aromatic rings. The molecule has 1 saturated carbocycles. The minimum absolute atomic E-state index is 0.102. The van der Waals surface area contributed by atoms with Gasteiger partial charge in [0.25, 0.3) is 0 Å². The number of benzene rings is 1. The number of aromatic hydroxyl groups is 1. The molecule has 1 aliphatic rings. The quantitative estimate of drug-likeness (QED) is 0.787. The van der Waals surface area contributed by atoms with Crippen molar-refractivity contribution in [1.29, 1.82) is 0 Å². The topological polar surface area (TPSA) is 37.5 Å². The van der Waals surface area contributed by atoms with Gasteiger partial charge in [-0.15, -0.1) is 0 Å². The van der Waals surface area contributed by atoms with Crippen LogP contribution in [0.2, 0.25) is 5.02 Å². The lowest BCUT2D eigenvalue weighted by atomic mass is 9.95. The Hall–Kier alpha value is -1.74. The van der Waals surface area contributed by atoms with E-state index in [1.807, 2.05) is 0 Å². The average Bonchev–Trinajstić information content (AvgIpc) is 2.96. The number of hydrogen-bond acceptors (Lipinski definition) is 2. The molecule has 0 amide bonds. The third-order valence-electron chi connectivity index (χ3n) is 4.02. The Kier molecular flexibility index (Phi) is 4.30. The predicted molar refractivity (Wildman–Crippen MR) is 86.9 cm³/mol. The first-order valence-electron chi connectivity index (χ1n) is 7.42. The maximum absolute atomic E-state index is 9.78. The van der Waals surface area contributed by atoms with Gasteiger partial charge in [-0.25, -0.2) is 0 Å². The van der Waals surface area contributed by atoms with E-state index >= 15 is 0 Å². The number of nitrogens with zero attached hydrogens (tertiary/aromatic N) is 2. The number of hydrogen-bond donors (Lipinski definition) is 1. The van der Waals surface area contributed by atoms with E-state index < -0.39 is 0 Å². The fraction of sp³-hybridized carbons (Fsp3) is 0.353. The first kappa shape index (κ1) is 14.2. The summed E-state index contributed by atoms with van der Waals surface area (Å²) in [5.41, 5.74) is 1.58. The molecule has 1 fully saturated rings. The molecule has 3 rings (SSSR count). The highest BCUT2D eigenvalue weighted by Crippen LogP contribution is 2.30. The van der Waals surface area contributed by atoms with E-state index in [0.717, 1.165) is 5.56 Å². The van der Waals surface area contributed by atoms with Gasteiger partial charge in [-0.05, 0) is 31.0 Å². The molecule has 21 heavy (non-hydrogen) atoms. The van der Waals surface area contributed by atoms with Crippen molar-refractivity contribution in [2.24, 2.45) is 4.99 Å². The lowest BCUT2D eigenvalue weighted by Gasteiger charge is -2.23. The zero-order valence-electron chi connectivity index (χ0n) is 11.9. The Morgan fingerprint density at radius 2 is 2.00 bits per heavy atom. The van der Waals surface area contributed by atoms with Gasteiger partial charge in [0, 0.05) is 41.3 Å². The molecule has 0 atom stereocenters. The molecule has 3 nitrogen and oxygen atoms in total. The summed E-state index contributed by atoms with van der Waals surface area (Å²) in [6.45, 7) is 0. The molecule has 0 radical (unpaired) electrons. The number of phenols is 1. The maximum Gasteiger partial charge on any atom is 0.142 e. The molecule has 1 aromatic carbocycles. The van der Waals surface area contributed by atoms with Gasteiger partial charge in [0.05, 0.1) is 0 Å². The van der Waals surface area contributed by atoms with E-state index in [2.05, 4.69) is 28.0 Å². The summed E-state index contributed by atoms with van der Waals surface area (Å²) in [5, 5.41) is 10.3. The van der Waals surface area contributed by atoms with Crippen molar-refractivity contribution < 1.29 is 5.11 Å². The molecular weight excluding hydrogens is 284 g/mol. The molecule has 0 spiro atoms. The first-order valence-corrected chi connectivity index (χ1v) is 7.80. The van der Waals surface area contributed by atoms with Crippen LogP contribution in [0.15, 0.2) is 41.7 Å². The van der Waals surface area contributed by atoms with E-state index in [4.69, 9.17) is 11.6 Å².